The van der Waals surface area contributed by atoms with Gasteiger partial charge in [-0.25, -0.2) is 0 Å². The van der Waals surface area contributed by atoms with Gasteiger partial charge in [0.2, 0.25) is 0 Å². The van der Waals surface area contributed by atoms with Gasteiger partial charge in [-0.3, -0.25) is 0 Å². The summed E-state index contributed by atoms with van der Waals surface area (Å²) < 4.78 is 10.8. The van der Waals surface area contributed by atoms with Crippen molar-refractivity contribution in [1.29, 1.82) is 0 Å². The predicted octanol–water partition coefficient (Wildman–Crippen LogP) is 2.99. The maximum atomic E-state index is 5.78. The maximum absolute atomic E-state index is 5.78. The summed E-state index contributed by atoms with van der Waals surface area (Å²) in [5.74, 6) is 0.983. The van der Waals surface area contributed by atoms with E-state index in [4.69, 9.17) is 9.47 Å². The molecule has 0 spiro atoms. The summed E-state index contributed by atoms with van der Waals surface area (Å²) in [5, 5.41) is 3.44. The minimum Gasteiger partial charge on any atom is -0.491 e. The first kappa shape index (κ1) is 15.0. The first-order chi connectivity index (χ1) is 8.74. The van der Waals surface area contributed by atoms with Crippen molar-refractivity contribution in [3.8, 4) is 5.75 Å². The van der Waals surface area contributed by atoms with Crippen LogP contribution in [-0.2, 0) is 11.3 Å². The second-order valence-corrected chi connectivity index (χ2v) is 4.65. The molecule has 1 N–H and O–H groups in total. The van der Waals surface area contributed by atoms with Gasteiger partial charge in [0.25, 0.3) is 0 Å². The normalized spacial score (nSPS) is 10.9. The van der Waals surface area contributed by atoms with E-state index in [9.17, 15) is 0 Å². The highest BCUT2D eigenvalue weighted by molar-refractivity contribution is 5.33. The van der Waals surface area contributed by atoms with Crippen LogP contribution in [0.5, 0.6) is 5.75 Å². The van der Waals surface area contributed by atoms with Gasteiger partial charge < -0.3 is 14.8 Å². The molecule has 18 heavy (non-hydrogen) atoms. The van der Waals surface area contributed by atoms with Crippen molar-refractivity contribution in [2.75, 3.05) is 20.3 Å². The van der Waals surface area contributed by atoms with Crippen LogP contribution in [-0.4, -0.2) is 26.4 Å². The smallest absolute Gasteiger partial charge is 0.124 e. The lowest BCUT2D eigenvalue weighted by molar-refractivity contribution is 0.192. The largest absolute Gasteiger partial charge is 0.491 e. The molecule has 0 fully saturated rings. The molecule has 0 amide bonds. The Labute approximate surface area is 110 Å². The van der Waals surface area contributed by atoms with E-state index in [0.29, 0.717) is 0 Å². The lowest BCUT2D eigenvalue weighted by Gasteiger charge is -2.14. The summed E-state index contributed by atoms with van der Waals surface area (Å²) in [6.45, 7) is 6.81. The Hall–Kier alpha value is -1.06. The van der Waals surface area contributed by atoms with E-state index in [1.54, 1.807) is 7.11 Å². The lowest BCUT2D eigenvalue weighted by Crippen LogP contribution is -2.16. The maximum Gasteiger partial charge on any atom is 0.124 e. The first-order valence-electron chi connectivity index (χ1n) is 6.68. The number of unbranched alkanes of at least 4 members (excludes halogenated alkanes) is 1. The summed E-state index contributed by atoms with van der Waals surface area (Å²) in [6, 6.07) is 8.21. The molecular formula is C15H25NO2. The third-order valence-electron chi connectivity index (χ3n) is 2.60. The van der Waals surface area contributed by atoms with Crippen LogP contribution in [0.4, 0.5) is 0 Å². The van der Waals surface area contributed by atoms with E-state index in [1.165, 1.54) is 5.56 Å². The number of para-hydroxylation sites is 1. The third-order valence-corrected chi connectivity index (χ3v) is 2.60. The van der Waals surface area contributed by atoms with Gasteiger partial charge in [0.15, 0.2) is 0 Å². The summed E-state index contributed by atoms with van der Waals surface area (Å²) in [4.78, 5) is 0. The van der Waals surface area contributed by atoms with Crippen LogP contribution in [0.1, 0.15) is 32.3 Å². The van der Waals surface area contributed by atoms with Crippen LogP contribution in [0.2, 0.25) is 0 Å². The second-order valence-electron chi connectivity index (χ2n) is 4.65. The molecule has 0 aromatic heterocycles. The number of methoxy groups -OCH3 is 1. The molecule has 1 aromatic rings. The van der Waals surface area contributed by atoms with Crippen LogP contribution >= 0.6 is 0 Å². The highest BCUT2D eigenvalue weighted by atomic mass is 16.5. The topological polar surface area (TPSA) is 30.5 Å². The zero-order chi connectivity index (χ0) is 13.2. The summed E-state index contributed by atoms with van der Waals surface area (Å²) in [7, 11) is 1.74. The van der Waals surface area contributed by atoms with Gasteiger partial charge in [0, 0.05) is 25.8 Å². The predicted molar refractivity (Wildman–Crippen MR) is 75.0 cm³/mol. The molecule has 0 saturated carbocycles. The van der Waals surface area contributed by atoms with Crippen molar-refractivity contribution in [2.45, 2.75) is 39.3 Å². The minimum atomic E-state index is 0.216. The SMILES string of the molecule is COCCCCNCc1ccccc1OC(C)C. The Kier molecular flexibility index (Phi) is 7.46. The Morgan fingerprint density at radius 1 is 1.17 bits per heavy atom. The van der Waals surface area contributed by atoms with E-state index in [-0.39, 0.29) is 6.10 Å². The van der Waals surface area contributed by atoms with Gasteiger partial charge in [0.1, 0.15) is 5.75 Å². The molecule has 102 valence electrons. The van der Waals surface area contributed by atoms with Crippen LogP contribution < -0.4 is 10.1 Å². The Morgan fingerprint density at radius 3 is 2.67 bits per heavy atom. The van der Waals surface area contributed by atoms with Gasteiger partial charge in [-0.05, 0) is 39.3 Å². The number of ether oxygens (including phenoxy) is 2. The van der Waals surface area contributed by atoms with E-state index >= 15 is 0 Å². The molecule has 0 unspecified atom stereocenters. The number of nitrogens with one attached hydrogen (secondary N) is 1. The Balaban J connectivity index is 2.32. The van der Waals surface area contributed by atoms with Crippen molar-refractivity contribution in [3.05, 3.63) is 29.8 Å². The number of hydrogen-bond acceptors (Lipinski definition) is 3. The fraction of sp³-hybridized carbons (Fsp3) is 0.600. The molecule has 0 saturated heterocycles. The summed E-state index contributed by atoms with van der Waals surface area (Å²) in [5.41, 5.74) is 1.22. The Morgan fingerprint density at radius 2 is 1.94 bits per heavy atom. The molecule has 0 aliphatic rings. The van der Waals surface area contributed by atoms with Gasteiger partial charge in [-0.15, -0.1) is 0 Å². The number of hydrogen-bond donors (Lipinski definition) is 1. The first-order valence-corrected chi connectivity index (χ1v) is 6.68. The third kappa shape index (κ3) is 6.03. The fourth-order valence-corrected chi connectivity index (χ4v) is 1.74. The van der Waals surface area contributed by atoms with Gasteiger partial charge >= 0.3 is 0 Å². The molecule has 0 heterocycles. The van der Waals surface area contributed by atoms with Crippen molar-refractivity contribution in [2.24, 2.45) is 0 Å². The highest BCUT2D eigenvalue weighted by Gasteiger charge is 2.03. The fourth-order valence-electron chi connectivity index (χ4n) is 1.74. The van der Waals surface area contributed by atoms with Gasteiger partial charge in [-0.1, -0.05) is 18.2 Å². The van der Waals surface area contributed by atoms with Crippen molar-refractivity contribution in [1.82, 2.24) is 5.32 Å². The molecule has 0 bridgehead atoms. The molecule has 1 rings (SSSR count). The highest BCUT2D eigenvalue weighted by Crippen LogP contribution is 2.18. The molecule has 3 nitrogen and oxygen atoms in total. The molecule has 0 radical (unpaired) electrons. The van der Waals surface area contributed by atoms with Crippen molar-refractivity contribution >= 4 is 0 Å². The van der Waals surface area contributed by atoms with E-state index in [2.05, 4.69) is 31.3 Å². The zero-order valence-electron chi connectivity index (χ0n) is 11.7. The number of benzene rings is 1. The molecule has 0 aliphatic heterocycles. The van der Waals surface area contributed by atoms with Crippen LogP contribution in [0.25, 0.3) is 0 Å². The molecule has 1 aromatic carbocycles. The van der Waals surface area contributed by atoms with E-state index in [1.807, 2.05) is 12.1 Å². The minimum absolute atomic E-state index is 0.216. The van der Waals surface area contributed by atoms with Crippen LogP contribution in [0, 0.1) is 0 Å². The van der Waals surface area contributed by atoms with Crippen molar-refractivity contribution < 1.29 is 9.47 Å². The molecular weight excluding hydrogens is 226 g/mol. The van der Waals surface area contributed by atoms with E-state index in [0.717, 1.165) is 38.3 Å². The summed E-state index contributed by atoms with van der Waals surface area (Å²) in [6.07, 6.45) is 2.46. The van der Waals surface area contributed by atoms with Crippen molar-refractivity contribution in [3.63, 3.8) is 0 Å². The summed E-state index contributed by atoms with van der Waals surface area (Å²) >= 11 is 0. The average molecular weight is 251 g/mol. The van der Waals surface area contributed by atoms with Gasteiger partial charge in [-0.2, -0.15) is 0 Å². The lowest BCUT2D eigenvalue weighted by atomic mass is 10.2. The Bertz CT molecular complexity index is 326. The standard InChI is InChI=1S/C15H25NO2/c1-13(2)18-15-9-5-4-8-14(15)12-16-10-6-7-11-17-3/h4-5,8-9,13,16H,6-7,10-12H2,1-3H3. The molecule has 0 atom stereocenters. The quantitative estimate of drug-likeness (QED) is 0.684. The average Bonchev–Trinajstić information content (AvgIpc) is 2.35. The van der Waals surface area contributed by atoms with E-state index < -0.39 is 0 Å². The second kappa shape index (κ2) is 8.95. The van der Waals surface area contributed by atoms with Gasteiger partial charge in [0.05, 0.1) is 6.10 Å². The number of rotatable bonds is 9. The monoisotopic (exact) mass is 251 g/mol. The van der Waals surface area contributed by atoms with Crippen LogP contribution in [0.3, 0.4) is 0 Å². The van der Waals surface area contributed by atoms with Crippen LogP contribution in [0.15, 0.2) is 24.3 Å². The zero-order valence-corrected chi connectivity index (χ0v) is 11.7. The molecule has 3 heteroatoms. The molecule has 0 aliphatic carbocycles.